The molecule has 9 aromatic carbocycles. The zero-order valence-corrected chi connectivity index (χ0v) is 82.2. The van der Waals surface area contributed by atoms with E-state index in [2.05, 4.69) is 71.6 Å². The predicted molar refractivity (Wildman–Crippen MR) is 348 cm³/mol. The number of hydrogen-bond donors (Lipinski definition) is 6. The van der Waals surface area contributed by atoms with Gasteiger partial charge in [-0.1, -0.05) is 72.2 Å². The van der Waals surface area contributed by atoms with Crippen molar-refractivity contribution in [2.75, 3.05) is 21.3 Å². The van der Waals surface area contributed by atoms with E-state index < -0.39 is 231 Å². The quantitative estimate of drug-likeness (QED) is 0.0208. The summed E-state index contributed by atoms with van der Waals surface area (Å²) in [5, 5.41) is 47.3. The molecule has 2 aromatic heterocycles. The van der Waals surface area contributed by atoms with E-state index in [4.69, 9.17) is 23.2 Å². The normalized spacial score (nSPS) is 12.1. The molecule has 0 unspecified atom stereocenters. The zero-order valence-electron chi connectivity index (χ0n) is 58.1. The van der Waals surface area contributed by atoms with Crippen LogP contribution in [0.2, 0.25) is 10.6 Å². The van der Waals surface area contributed by atoms with Crippen molar-refractivity contribution in [3.05, 3.63) is 143 Å². The third-order valence-electron chi connectivity index (χ3n) is 14.4. The number of rotatable bonds is 22. The number of benzene rings is 9. The number of azo groups is 2. The Kier molecular flexibility index (Phi) is 37.2. The van der Waals surface area contributed by atoms with Gasteiger partial charge in [0.05, 0.1) is 40.7 Å². The van der Waals surface area contributed by atoms with Gasteiger partial charge in [-0.2, -0.15) is 46.7 Å². The summed E-state index contributed by atoms with van der Waals surface area (Å²) in [5.41, 5.74) is -5.08. The van der Waals surface area contributed by atoms with Crippen LogP contribution in [0.25, 0.3) is 43.1 Å². The fourth-order valence-electron chi connectivity index (χ4n) is 10.3. The Morgan fingerprint density at radius 3 is 0.991 bits per heavy atom. The Hall–Kier alpha value is -2.10. The first-order valence-electron chi connectivity index (χ1n) is 27.4. The van der Waals surface area contributed by atoms with Crippen LogP contribution in [0.4, 0.5) is 57.9 Å². The second-order valence-corrected chi connectivity index (χ2v) is 32.7. The molecule has 0 aliphatic rings. The topological polar surface area (TPSA) is 673 Å². The molecule has 0 saturated carbocycles. The summed E-state index contributed by atoms with van der Waals surface area (Å²) in [7, 11) is -44.2. The largest absolute Gasteiger partial charge is 1.00 e. The van der Waals surface area contributed by atoms with Crippen molar-refractivity contribution < 1.29 is 350 Å². The Morgan fingerprint density at radius 1 is 0.357 bits per heavy atom. The van der Waals surface area contributed by atoms with Gasteiger partial charge in [0, 0.05) is 46.0 Å². The standard InChI is InChI=1S/C54H38Cl2N14O26S8.8Na/c55-49-61-51(65-53(63-49)59-35-19-27(97(73,74)75)15-25-17-39(101(85,86)87)43(45(71)41(25)35)69-67-33-12-10-29-31(47(33)103(91,92)93)6-2-8-37(29)99(79,80)81)57-21-23-4-1-5-24(14-23)22-58-52-62-50(56)64-54(66-52)60-36-20-28(98(76,77)78)16-26-18-40(102(88,89)90)44(46(72)42(26)36)70-68-34-13-11-30-32(48(34)104(94,95)96)7-3-9-38(30)100(82,83)84;;;;;;;;/h1-20,71-72H,21-22H2,(H,73,74,75)(H,76,77,78)(H,79,80,81)(H,82,83,84)(H,85,86,87)(H,88,89,90)(H,91,92,93)(H,94,95,96)(H2,57,59,61,63,65)(H2,58,60,62,64,66);;;;;;;;/q;8*+1/p-8. The maximum Gasteiger partial charge on any atom is 1.00 e. The van der Waals surface area contributed by atoms with Crippen LogP contribution in [0, 0.1) is 0 Å². The van der Waals surface area contributed by atoms with E-state index in [1.807, 2.05) is 0 Å². The van der Waals surface area contributed by atoms with Gasteiger partial charge in [-0.05, 0) is 117 Å². The number of hydrogen-bond acceptors (Lipinski definition) is 38. The fraction of sp³-hybridized carbons (Fsp3) is 0.0370. The van der Waals surface area contributed by atoms with E-state index in [1.54, 1.807) is 24.3 Å². The summed E-state index contributed by atoms with van der Waals surface area (Å²) >= 11 is 12.5. The van der Waals surface area contributed by atoms with E-state index >= 15 is 0 Å². The molecule has 542 valence electrons. The van der Waals surface area contributed by atoms with Crippen LogP contribution in [-0.2, 0) is 94.0 Å². The number of nitrogens with zero attached hydrogens (tertiary/aromatic N) is 10. The van der Waals surface area contributed by atoms with Crippen molar-refractivity contribution in [3.63, 3.8) is 0 Å². The summed E-state index contributed by atoms with van der Waals surface area (Å²) in [4.78, 5) is 14.5. The third-order valence-corrected chi connectivity index (χ3v) is 21.7. The minimum Gasteiger partial charge on any atom is -0.870 e. The van der Waals surface area contributed by atoms with Crippen LogP contribution in [0.5, 0.6) is 11.5 Å². The van der Waals surface area contributed by atoms with Crippen molar-refractivity contribution >= 4 is 205 Å². The maximum atomic E-state index is 14.4. The SMILES string of the molecule is O=S(=O)([O-])c1cc(Nc2nc(Cl)nc(NCc3cccc(CNc4nc(Cl)nc(Nc5cc(S(=O)(=O)[O-])cc6cc(S(=O)(=O)[O-])c(N=Nc7ccc8c(S(=O)(=O)[O-])cccc8c7S(=O)(=O)O)c([O-])c56)n4)c3)n2)c2c([O-])c(N=Nc3ccc4c(S(=O)(=O)[O-])cccc4c3S(=O)(=O)O)c(S(=O)(=O)[O-])cc2c1.[Na+].[Na+].[Na+].[Na+].[Na+].[Na+].[Na+].[Na+]. The second kappa shape index (κ2) is 40.1. The number of aromatic nitrogens is 6. The Morgan fingerprint density at radius 2 is 0.679 bits per heavy atom. The average Bonchev–Trinajstić information content (AvgIpc) is 0.755. The van der Waals surface area contributed by atoms with Gasteiger partial charge in [0.2, 0.25) is 34.4 Å². The Labute approximate surface area is 820 Å². The first-order chi connectivity index (χ1) is 48.2. The summed E-state index contributed by atoms with van der Waals surface area (Å²) in [5.74, 6) is -5.08. The molecular weight excluding hydrogens is 1770 g/mol. The van der Waals surface area contributed by atoms with Gasteiger partial charge < -0.3 is 58.8 Å². The molecule has 0 atom stereocenters. The Balaban J connectivity index is 0.00000406. The van der Waals surface area contributed by atoms with Gasteiger partial charge in [0.1, 0.15) is 81.9 Å². The van der Waals surface area contributed by atoms with Crippen molar-refractivity contribution in [2.45, 2.75) is 52.3 Å². The van der Waals surface area contributed by atoms with Crippen LogP contribution >= 0.6 is 23.2 Å². The van der Waals surface area contributed by atoms with Crippen LogP contribution < -0.4 is 268 Å². The first-order valence-corrected chi connectivity index (χ1v) is 39.5. The van der Waals surface area contributed by atoms with Gasteiger partial charge in [-0.25, -0.2) is 50.5 Å². The number of fused-ring (bicyclic) bond motifs is 4. The van der Waals surface area contributed by atoms with Crippen molar-refractivity contribution in [3.8, 4) is 11.5 Å². The molecule has 0 aliphatic carbocycles. The van der Waals surface area contributed by atoms with E-state index in [1.165, 1.54) is 0 Å². The van der Waals surface area contributed by atoms with E-state index in [9.17, 15) is 114 Å². The third kappa shape index (κ3) is 24.2. The van der Waals surface area contributed by atoms with Crippen LogP contribution in [0.3, 0.4) is 0 Å². The smallest absolute Gasteiger partial charge is 0.870 e. The van der Waals surface area contributed by atoms with Gasteiger partial charge in [-0.3, -0.25) is 9.11 Å². The van der Waals surface area contributed by atoms with E-state index in [0.717, 1.165) is 48.5 Å². The summed E-state index contributed by atoms with van der Waals surface area (Å²) in [6.45, 7) is -0.334. The monoisotopic (exact) mass is 1800 g/mol. The molecule has 40 nitrogen and oxygen atoms in total. The molecular formula is C54H30Cl2N14Na8O26S8. The van der Waals surface area contributed by atoms with Crippen molar-refractivity contribution in [1.29, 1.82) is 0 Å². The molecule has 11 aromatic rings. The molecule has 11 rings (SSSR count). The molecule has 58 heteroatoms. The molecule has 2 heterocycles. The molecule has 0 bridgehead atoms. The maximum absolute atomic E-state index is 14.4. The number of anilines is 6. The molecule has 0 fully saturated rings. The summed E-state index contributed by atoms with van der Waals surface area (Å²) < 4.78 is 295. The van der Waals surface area contributed by atoms with Crippen molar-refractivity contribution in [2.24, 2.45) is 20.5 Å². The number of nitrogens with one attached hydrogen (secondary N) is 4. The molecule has 0 amide bonds. The molecule has 6 N–H and O–H groups in total. The van der Waals surface area contributed by atoms with E-state index in [0.29, 0.717) is 59.7 Å². The molecule has 0 spiro atoms. The van der Waals surface area contributed by atoms with Crippen LogP contribution in [0.15, 0.2) is 181 Å². The fourth-order valence-corrected chi connectivity index (χ4v) is 16.0. The van der Waals surface area contributed by atoms with E-state index in [-0.39, 0.29) is 261 Å². The second-order valence-electron chi connectivity index (χ2n) is 21.1. The van der Waals surface area contributed by atoms with Crippen LogP contribution in [-0.4, -0.2) is 134 Å². The molecule has 0 saturated heterocycles. The predicted octanol–water partition coefficient (Wildman–Crippen LogP) is -18.4. The zero-order chi connectivity index (χ0) is 75.9. The van der Waals surface area contributed by atoms with Gasteiger partial charge in [0.15, 0.2) is 0 Å². The van der Waals surface area contributed by atoms with Crippen molar-refractivity contribution in [1.82, 2.24) is 29.9 Å². The Bertz CT molecular complexity index is 6280. The molecule has 0 radical (unpaired) electrons. The molecule has 0 aliphatic heterocycles. The van der Waals surface area contributed by atoms with Gasteiger partial charge >= 0.3 is 236 Å². The number of halogens is 2. The summed E-state index contributed by atoms with van der Waals surface area (Å²) in [6, 6.07) is 17.8. The van der Waals surface area contributed by atoms with Gasteiger partial charge in [-0.15, -0.1) is 20.5 Å². The minimum atomic E-state index is -5.85. The molecule has 112 heavy (non-hydrogen) atoms. The van der Waals surface area contributed by atoms with Crippen LogP contribution in [0.1, 0.15) is 11.1 Å². The van der Waals surface area contributed by atoms with Gasteiger partial charge in [0.25, 0.3) is 20.2 Å². The average molecular weight is 1800 g/mol. The first kappa shape index (κ1) is 104. The summed E-state index contributed by atoms with van der Waals surface area (Å²) in [6.07, 6.45) is 0. The minimum absolute atomic E-state index is 0.